The van der Waals surface area contributed by atoms with Crippen LogP contribution in [0.5, 0.6) is 0 Å². The lowest BCUT2D eigenvalue weighted by Gasteiger charge is -2.11. The van der Waals surface area contributed by atoms with Crippen LogP contribution in [0, 0.1) is 17.8 Å². The molecular formula is C15H16N2O. The molecule has 3 atom stereocenters. The zero-order valence-corrected chi connectivity index (χ0v) is 10.1. The van der Waals surface area contributed by atoms with Gasteiger partial charge >= 0.3 is 0 Å². The van der Waals surface area contributed by atoms with Crippen LogP contribution in [0.15, 0.2) is 47.6 Å². The Hall–Kier alpha value is -1.90. The largest absolute Gasteiger partial charge is 0.271 e. The van der Waals surface area contributed by atoms with Gasteiger partial charge in [-0.1, -0.05) is 30.4 Å². The molecule has 0 spiro atoms. The SMILES string of the molecule is O=C(N/N=C\[C@@H]1C[C@@H]2C=C[C@H]1C2)c1ccccc1. The lowest BCUT2D eigenvalue weighted by atomic mass is 9.95. The van der Waals surface area contributed by atoms with Crippen LogP contribution < -0.4 is 5.43 Å². The van der Waals surface area contributed by atoms with Crippen LogP contribution in [0.4, 0.5) is 0 Å². The average molecular weight is 240 g/mol. The van der Waals surface area contributed by atoms with Gasteiger partial charge in [0.15, 0.2) is 0 Å². The van der Waals surface area contributed by atoms with Crippen molar-refractivity contribution in [2.24, 2.45) is 22.9 Å². The zero-order valence-electron chi connectivity index (χ0n) is 10.1. The third-order valence-electron chi connectivity index (χ3n) is 3.80. The van der Waals surface area contributed by atoms with Gasteiger partial charge in [-0.3, -0.25) is 4.79 Å². The van der Waals surface area contributed by atoms with E-state index in [9.17, 15) is 4.79 Å². The zero-order chi connectivity index (χ0) is 12.4. The summed E-state index contributed by atoms with van der Waals surface area (Å²) in [7, 11) is 0. The van der Waals surface area contributed by atoms with Gasteiger partial charge in [0.25, 0.3) is 5.91 Å². The third-order valence-corrected chi connectivity index (χ3v) is 3.80. The van der Waals surface area contributed by atoms with Crippen molar-refractivity contribution in [2.45, 2.75) is 12.8 Å². The standard InChI is InChI=1S/C15H16N2O/c18-15(12-4-2-1-3-5-12)17-16-10-14-9-11-6-7-13(14)8-11/h1-7,10-11,13-14H,8-9H2,(H,17,18)/b16-10-/t11-,13+,14+/m1/s1. The molecule has 0 aromatic heterocycles. The minimum atomic E-state index is -0.148. The molecule has 0 aliphatic heterocycles. The minimum absolute atomic E-state index is 0.148. The minimum Gasteiger partial charge on any atom is -0.267 e. The van der Waals surface area contributed by atoms with Crippen molar-refractivity contribution in [1.82, 2.24) is 5.43 Å². The van der Waals surface area contributed by atoms with E-state index in [-0.39, 0.29) is 5.91 Å². The van der Waals surface area contributed by atoms with E-state index >= 15 is 0 Å². The maximum absolute atomic E-state index is 11.7. The van der Waals surface area contributed by atoms with E-state index in [2.05, 4.69) is 22.7 Å². The lowest BCUT2D eigenvalue weighted by molar-refractivity contribution is 0.0955. The van der Waals surface area contributed by atoms with Crippen LogP contribution in [-0.2, 0) is 0 Å². The Morgan fingerprint density at radius 3 is 2.72 bits per heavy atom. The van der Waals surface area contributed by atoms with Gasteiger partial charge < -0.3 is 0 Å². The Morgan fingerprint density at radius 2 is 2.06 bits per heavy atom. The Morgan fingerprint density at radius 1 is 1.22 bits per heavy atom. The second-order valence-electron chi connectivity index (χ2n) is 5.03. The monoisotopic (exact) mass is 240 g/mol. The molecule has 1 amide bonds. The Labute approximate surface area is 107 Å². The number of amides is 1. The Balaban J connectivity index is 1.55. The number of hydrogen-bond donors (Lipinski definition) is 1. The van der Waals surface area contributed by atoms with Crippen LogP contribution in [0.25, 0.3) is 0 Å². The summed E-state index contributed by atoms with van der Waals surface area (Å²) in [6.45, 7) is 0. The van der Waals surface area contributed by atoms with E-state index < -0.39 is 0 Å². The van der Waals surface area contributed by atoms with Crippen molar-refractivity contribution in [3.05, 3.63) is 48.0 Å². The van der Waals surface area contributed by atoms with Gasteiger partial charge in [0, 0.05) is 17.7 Å². The molecule has 0 heterocycles. The molecule has 0 saturated heterocycles. The number of allylic oxidation sites excluding steroid dienone is 2. The molecule has 1 N–H and O–H groups in total. The lowest BCUT2D eigenvalue weighted by Crippen LogP contribution is -2.19. The molecule has 3 heteroatoms. The highest BCUT2D eigenvalue weighted by atomic mass is 16.2. The first-order valence-electron chi connectivity index (χ1n) is 6.40. The molecule has 2 aliphatic carbocycles. The van der Waals surface area contributed by atoms with E-state index in [1.807, 2.05) is 24.4 Å². The van der Waals surface area contributed by atoms with Crippen molar-refractivity contribution in [2.75, 3.05) is 0 Å². The van der Waals surface area contributed by atoms with Crippen LogP contribution in [0.3, 0.4) is 0 Å². The highest BCUT2D eigenvalue weighted by Gasteiger charge is 2.34. The van der Waals surface area contributed by atoms with E-state index in [0.717, 1.165) is 5.92 Å². The van der Waals surface area contributed by atoms with Crippen LogP contribution in [-0.4, -0.2) is 12.1 Å². The molecule has 2 aliphatic rings. The summed E-state index contributed by atoms with van der Waals surface area (Å²) in [6, 6.07) is 9.15. The van der Waals surface area contributed by atoms with Gasteiger partial charge in [0.05, 0.1) is 0 Å². The summed E-state index contributed by atoms with van der Waals surface area (Å²) in [5, 5.41) is 4.09. The van der Waals surface area contributed by atoms with Gasteiger partial charge in [-0.15, -0.1) is 0 Å². The maximum Gasteiger partial charge on any atom is 0.271 e. The fourth-order valence-electron chi connectivity index (χ4n) is 2.84. The molecule has 1 aromatic carbocycles. The Kier molecular flexibility index (Phi) is 2.97. The topological polar surface area (TPSA) is 41.5 Å². The molecule has 3 rings (SSSR count). The van der Waals surface area contributed by atoms with Gasteiger partial charge in [-0.25, -0.2) is 5.43 Å². The summed E-state index contributed by atoms with van der Waals surface area (Å²) in [4.78, 5) is 11.7. The first-order valence-corrected chi connectivity index (χ1v) is 6.40. The Bertz CT molecular complexity index is 492. The number of benzene rings is 1. The van der Waals surface area contributed by atoms with Gasteiger partial charge in [0.2, 0.25) is 0 Å². The molecule has 2 bridgehead atoms. The molecule has 1 fully saturated rings. The van der Waals surface area contributed by atoms with E-state index in [4.69, 9.17) is 0 Å². The average Bonchev–Trinajstić information content (AvgIpc) is 3.02. The van der Waals surface area contributed by atoms with E-state index in [1.54, 1.807) is 12.1 Å². The van der Waals surface area contributed by atoms with Crippen LogP contribution in [0.1, 0.15) is 23.2 Å². The molecule has 92 valence electrons. The first kappa shape index (κ1) is 11.2. The molecule has 1 saturated carbocycles. The van der Waals surface area contributed by atoms with Crippen molar-refractivity contribution in [3.8, 4) is 0 Å². The number of rotatable bonds is 3. The molecule has 18 heavy (non-hydrogen) atoms. The van der Waals surface area contributed by atoms with E-state index in [1.165, 1.54) is 12.8 Å². The summed E-state index contributed by atoms with van der Waals surface area (Å²) in [5.74, 6) is 1.71. The highest BCUT2D eigenvalue weighted by Crippen LogP contribution is 2.42. The van der Waals surface area contributed by atoms with Crippen molar-refractivity contribution < 1.29 is 4.79 Å². The highest BCUT2D eigenvalue weighted by molar-refractivity contribution is 5.94. The second-order valence-corrected chi connectivity index (χ2v) is 5.03. The first-order chi connectivity index (χ1) is 8.83. The molecule has 0 radical (unpaired) electrons. The van der Waals surface area contributed by atoms with Gasteiger partial charge in [-0.05, 0) is 36.8 Å². The van der Waals surface area contributed by atoms with E-state index in [0.29, 0.717) is 17.4 Å². The number of fused-ring (bicyclic) bond motifs is 2. The van der Waals surface area contributed by atoms with Crippen LogP contribution >= 0.6 is 0 Å². The molecule has 1 aromatic rings. The smallest absolute Gasteiger partial charge is 0.267 e. The summed E-state index contributed by atoms with van der Waals surface area (Å²) in [5.41, 5.74) is 3.23. The summed E-state index contributed by atoms with van der Waals surface area (Å²) >= 11 is 0. The molecule has 3 nitrogen and oxygen atoms in total. The number of hydrogen-bond acceptors (Lipinski definition) is 2. The summed E-state index contributed by atoms with van der Waals surface area (Å²) in [6.07, 6.45) is 8.91. The molecule has 0 unspecified atom stereocenters. The number of hydrazone groups is 1. The number of nitrogens with zero attached hydrogens (tertiary/aromatic N) is 1. The van der Waals surface area contributed by atoms with Gasteiger partial charge in [-0.2, -0.15) is 5.10 Å². The fraction of sp³-hybridized carbons (Fsp3) is 0.333. The van der Waals surface area contributed by atoms with Gasteiger partial charge in [0.1, 0.15) is 0 Å². The van der Waals surface area contributed by atoms with Crippen molar-refractivity contribution in [3.63, 3.8) is 0 Å². The van der Waals surface area contributed by atoms with Crippen molar-refractivity contribution >= 4 is 12.1 Å². The molecular weight excluding hydrogens is 224 g/mol. The summed E-state index contributed by atoms with van der Waals surface area (Å²) < 4.78 is 0. The fourth-order valence-corrected chi connectivity index (χ4v) is 2.84. The predicted molar refractivity (Wildman–Crippen MR) is 71.2 cm³/mol. The quantitative estimate of drug-likeness (QED) is 0.492. The van der Waals surface area contributed by atoms with Crippen molar-refractivity contribution in [1.29, 1.82) is 0 Å². The van der Waals surface area contributed by atoms with Crippen LogP contribution in [0.2, 0.25) is 0 Å². The third kappa shape index (κ3) is 2.21. The number of nitrogens with one attached hydrogen (secondary N) is 1. The number of carbonyl (C=O) groups excluding carboxylic acids is 1. The number of carbonyl (C=O) groups is 1. The maximum atomic E-state index is 11.7. The normalized spacial score (nSPS) is 29.0. The predicted octanol–water partition coefficient (Wildman–Crippen LogP) is 2.61. The second kappa shape index (κ2) is 4.77.